The van der Waals surface area contributed by atoms with Crippen LogP contribution in [0.2, 0.25) is 0 Å². The predicted octanol–water partition coefficient (Wildman–Crippen LogP) is 5.26. The summed E-state index contributed by atoms with van der Waals surface area (Å²) >= 11 is 1.56. The van der Waals surface area contributed by atoms with Crippen LogP contribution in [0.4, 0.5) is 5.13 Å². The lowest BCUT2D eigenvalue weighted by molar-refractivity contribution is 1.27. The summed E-state index contributed by atoms with van der Waals surface area (Å²) in [6, 6.07) is 16.7. The van der Waals surface area contributed by atoms with Crippen LogP contribution < -0.4 is 5.43 Å². The van der Waals surface area contributed by atoms with Crippen molar-refractivity contribution in [2.24, 2.45) is 5.10 Å². The zero-order valence-corrected chi connectivity index (χ0v) is 14.3. The largest absolute Gasteiger partial charge is 0.252 e. The Morgan fingerprint density at radius 3 is 2.22 bits per heavy atom. The molecule has 0 unspecified atom stereocenters. The van der Waals surface area contributed by atoms with Gasteiger partial charge in [-0.15, -0.1) is 11.3 Å². The summed E-state index contributed by atoms with van der Waals surface area (Å²) in [6.07, 6.45) is 0. The van der Waals surface area contributed by atoms with Crippen molar-refractivity contribution in [1.29, 1.82) is 0 Å². The second-order valence-electron chi connectivity index (χ2n) is 5.58. The molecule has 116 valence electrons. The Hall–Kier alpha value is -2.46. The molecule has 0 saturated carbocycles. The maximum atomic E-state index is 4.59. The molecule has 0 radical (unpaired) electrons. The Morgan fingerprint density at radius 1 is 0.957 bits per heavy atom. The number of anilines is 1. The van der Waals surface area contributed by atoms with Gasteiger partial charge in [0.1, 0.15) is 0 Å². The Kier molecular flexibility index (Phi) is 4.53. The Bertz CT molecular complexity index is 815. The van der Waals surface area contributed by atoms with Crippen LogP contribution in [0.1, 0.15) is 23.6 Å². The number of hydrazone groups is 1. The molecular formula is C19H19N3S. The molecule has 2 aromatic carbocycles. The number of benzene rings is 2. The number of rotatable bonds is 4. The van der Waals surface area contributed by atoms with Crippen molar-refractivity contribution in [2.75, 3.05) is 5.43 Å². The molecule has 3 rings (SSSR count). The highest BCUT2D eigenvalue weighted by Crippen LogP contribution is 2.25. The van der Waals surface area contributed by atoms with E-state index in [9.17, 15) is 0 Å². The van der Waals surface area contributed by atoms with Gasteiger partial charge in [0.2, 0.25) is 5.13 Å². The molecule has 0 aliphatic rings. The van der Waals surface area contributed by atoms with Crippen LogP contribution >= 0.6 is 11.3 Å². The number of hydrogen-bond donors (Lipinski definition) is 1. The maximum Gasteiger partial charge on any atom is 0.203 e. The first kappa shape index (κ1) is 15.4. The molecule has 0 bridgehead atoms. The van der Waals surface area contributed by atoms with Gasteiger partial charge in [-0.3, -0.25) is 5.43 Å². The Balaban J connectivity index is 1.72. The number of nitrogens with one attached hydrogen (secondary N) is 1. The molecule has 0 aliphatic carbocycles. The smallest absolute Gasteiger partial charge is 0.203 e. The molecule has 1 N–H and O–H groups in total. The van der Waals surface area contributed by atoms with Crippen molar-refractivity contribution in [2.45, 2.75) is 20.8 Å². The number of aromatic nitrogens is 1. The van der Waals surface area contributed by atoms with Crippen molar-refractivity contribution in [3.63, 3.8) is 0 Å². The first-order chi connectivity index (χ1) is 11.1. The van der Waals surface area contributed by atoms with Gasteiger partial charge in [-0.05, 0) is 26.3 Å². The lowest BCUT2D eigenvalue weighted by Gasteiger charge is -2.02. The summed E-state index contributed by atoms with van der Waals surface area (Å²) < 4.78 is 0. The Morgan fingerprint density at radius 2 is 1.57 bits per heavy atom. The van der Waals surface area contributed by atoms with Gasteiger partial charge in [0.05, 0.1) is 11.4 Å². The molecule has 3 nitrogen and oxygen atoms in total. The van der Waals surface area contributed by atoms with Crippen LogP contribution in [0, 0.1) is 13.8 Å². The number of thiazole rings is 1. The summed E-state index contributed by atoms with van der Waals surface area (Å²) in [5.74, 6) is 0. The lowest BCUT2D eigenvalue weighted by Crippen LogP contribution is -1.99. The number of aryl methyl sites for hydroxylation is 2. The maximum absolute atomic E-state index is 4.59. The van der Waals surface area contributed by atoms with Crippen molar-refractivity contribution in [1.82, 2.24) is 4.98 Å². The van der Waals surface area contributed by atoms with Gasteiger partial charge < -0.3 is 0 Å². The normalized spacial score (nSPS) is 11.5. The topological polar surface area (TPSA) is 37.3 Å². The first-order valence-corrected chi connectivity index (χ1v) is 8.40. The summed E-state index contributed by atoms with van der Waals surface area (Å²) in [6.45, 7) is 6.16. The molecule has 0 saturated heterocycles. The van der Waals surface area contributed by atoms with E-state index in [2.05, 4.69) is 77.9 Å². The van der Waals surface area contributed by atoms with Crippen molar-refractivity contribution >= 4 is 22.2 Å². The van der Waals surface area contributed by atoms with E-state index in [0.29, 0.717) is 0 Å². The zero-order valence-electron chi connectivity index (χ0n) is 13.5. The lowest BCUT2D eigenvalue weighted by atomic mass is 10.1. The predicted molar refractivity (Wildman–Crippen MR) is 99.3 cm³/mol. The van der Waals surface area contributed by atoms with Gasteiger partial charge >= 0.3 is 0 Å². The van der Waals surface area contributed by atoms with Gasteiger partial charge in [0.25, 0.3) is 0 Å². The van der Waals surface area contributed by atoms with Crippen molar-refractivity contribution in [3.05, 3.63) is 70.6 Å². The van der Waals surface area contributed by atoms with Gasteiger partial charge in [0.15, 0.2) is 0 Å². The van der Waals surface area contributed by atoms with E-state index < -0.39 is 0 Å². The minimum Gasteiger partial charge on any atom is -0.252 e. The van der Waals surface area contributed by atoms with E-state index in [1.54, 1.807) is 11.3 Å². The van der Waals surface area contributed by atoms with Crippen LogP contribution in [0.3, 0.4) is 0 Å². The highest BCUT2D eigenvalue weighted by atomic mass is 32.1. The standard InChI is InChI=1S/C19H19N3S/c1-13-4-8-16(9-5-13)15(3)21-22-19-20-18(12-23-19)17-10-6-14(2)7-11-17/h4-12H,1-3H3,(H,20,22)/b21-15+. The van der Waals surface area contributed by atoms with Gasteiger partial charge in [-0.1, -0.05) is 59.7 Å². The average Bonchev–Trinajstić information content (AvgIpc) is 3.03. The average molecular weight is 321 g/mol. The third-order valence-electron chi connectivity index (χ3n) is 3.64. The SMILES string of the molecule is C/C(=N\Nc1nc(-c2ccc(C)cc2)cs1)c1ccc(C)cc1. The molecule has 1 heterocycles. The fourth-order valence-corrected chi connectivity index (χ4v) is 2.83. The molecule has 1 aromatic heterocycles. The van der Waals surface area contributed by atoms with Crippen LogP contribution in [-0.2, 0) is 0 Å². The molecular weight excluding hydrogens is 302 g/mol. The molecule has 0 aliphatic heterocycles. The van der Waals surface area contributed by atoms with Crippen molar-refractivity contribution < 1.29 is 0 Å². The fourth-order valence-electron chi connectivity index (χ4n) is 2.17. The fraction of sp³-hybridized carbons (Fsp3) is 0.158. The quantitative estimate of drug-likeness (QED) is 0.525. The van der Waals surface area contributed by atoms with Crippen molar-refractivity contribution in [3.8, 4) is 11.3 Å². The highest BCUT2D eigenvalue weighted by Gasteiger charge is 2.04. The van der Waals surface area contributed by atoms with Gasteiger partial charge in [0, 0.05) is 10.9 Å². The van der Waals surface area contributed by atoms with E-state index in [1.807, 2.05) is 12.3 Å². The van der Waals surface area contributed by atoms with Crippen LogP contribution in [0.15, 0.2) is 59.0 Å². The Labute approximate surface area is 140 Å². The van der Waals surface area contributed by atoms with Gasteiger partial charge in [-0.25, -0.2) is 4.98 Å². The minimum atomic E-state index is 0.798. The second kappa shape index (κ2) is 6.75. The summed E-state index contributed by atoms with van der Waals surface area (Å²) in [4.78, 5) is 4.59. The molecule has 0 amide bonds. The summed E-state index contributed by atoms with van der Waals surface area (Å²) in [5.41, 5.74) is 9.70. The van der Waals surface area contributed by atoms with E-state index in [1.165, 1.54) is 11.1 Å². The molecule has 0 fully saturated rings. The number of hydrogen-bond acceptors (Lipinski definition) is 4. The summed E-state index contributed by atoms with van der Waals surface area (Å²) in [5, 5.41) is 7.27. The zero-order chi connectivity index (χ0) is 16.2. The monoisotopic (exact) mass is 321 g/mol. The molecule has 4 heteroatoms. The van der Waals surface area contributed by atoms with Crippen LogP contribution in [0.5, 0.6) is 0 Å². The van der Waals surface area contributed by atoms with Crippen LogP contribution in [-0.4, -0.2) is 10.7 Å². The molecule has 0 atom stereocenters. The number of nitrogens with zero attached hydrogens (tertiary/aromatic N) is 2. The van der Waals surface area contributed by atoms with Gasteiger partial charge in [-0.2, -0.15) is 5.10 Å². The molecule has 23 heavy (non-hydrogen) atoms. The minimum absolute atomic E-state index is 0.798. The van der Waals surface area contributed by atoms with Crippen LogP contribution in [0.25, 0.3) is 11.3 Å². The van der Waals surface area contributed by atoms with E-state index in [-0.39, 0.29) is 0 Å². The second-order valence-corrected chi connectivity index (χ2v) is 6.44. The highest BCUT2D eigenvalue weighted by molar-refractivity contribution is 7.14. The summed E-state index contributed by atoms with van der Waals surface area (Å²) in [7, 11) is 0. The molecule has 3 aromatic rings. The third kappa shape index (κ3) is 3.85. The van der Waals surface area contributed by atoms with E-state index in [4.69, 9.17) is 0 Å². The van der Waals surface area contributed by atoms with E-state index in [0.717, 1.165) is 27.7 Å². The van der Waals surface area contributed by atoms with E-state index >= 15 is 0 Å². The molecule has 0 spiro atoms. The first-order valence-electron chi connectivity index (χ1n) is 7.52. The third-order valence-corrected chi connectivity index (χ3v) is 4.39.